The third-order valence-electron chi connectivity index (χ3n) is 0.840. The largest absolute Gasteiger partial charge is 0.371 e. The smallest absolute Gasteiger partial charge is 0.261 e. The number of hydrogen-bond donors (Lipinski definition) is 0. The average molecular weight is 197 g/mol. The van der Waals surface area contributed by atoms with Crippen LogP contribution in [0.3, 0.4) is 0 Å². The SMILES string of the molecule is CCOC(OCC)O[Si]CCl. The lowest BCUT2D eigenvalue weighted by atomic mass is 10.8. The molecule has 0 rings (SSSR count). The van der Waals surface area contributed by atoms with E-state index in [9.17, 15) is 0 Å². The van der Waals surface area contributed by atoms with Crippen molar-refractivity contribution in [3.63, 3.8) is 0 Å². The summed E-state index contributed by atoms with van der Waals surface area (Å²) >= 11 is 5.42. The highest BCUT2D eigenvalue weighted by Crippen LogP contribution is 1.96. The van der Waals surface area contributed by atoms with E-state index >= 15 is 0 Å². The number of ether oxygens (including phenoxy) is 2. The first-order valence-corrected chi connectivity index (χ1v) is 5.17. The first-order chi connectivity index (χ1) is 5.35. The van der Waals surface area contributed by atoms with Crippen molar-refractivity contribution in [2.75, 3.05) is 18.7 Å². The first kappa shape index (κ1) is 11.4. The monoisotopic (exact) mass is 196 g/mol. The average Bonchev–Trinajstić information content (AvgIpc) is 2.01. The van der Waals surface area contributed by atoms with Gasteiger partial charge in [0.05, 0.1) is 0 Å². The highest BCUT2D eigenvalue weighted by molar-refractivity contribution is 6.45. The molecule has 0 aromatic rings. The van der Waals surface area contributed by atoms with E-state index in [0.29, 0.717) is 18.7 Å². The predicted octanol–water partition coefficient (Wildman–Crippen LogP) is 1.18. The van der Waals surface area contributed by atoms with Crippen molar-refractivity contribution in [1.29, 1.82) is 0 Å². The van der Waals surface area contributed by atoms with Gasteiger partial charge in [0, 0.05) is 18.7 Å². The Hall–Kier alpha value is 0.387. The second-order valence-corrected chi connectivity index (χ2v) is 3.19. The zero-order valence-corrected chi connectivity index (χ0v) is 8.56. The van der Waals surface area contributed by atoms with Crippen molar-refractivity contribution in [2.45, 2.75) is 20.3 Å². The van der Waals surface area contributed by atoms with Crippen LogP contribution < -0.4 is 0 Å². The minimum atomic E-state index is -0.540. The fourth-order valence-corrected chi connectivity index (χ4v) is 1.01. The molecular formula is C6H13ClO3Si. The summed E-state index contributed by atoms with van der Waals surface area (Å²) < 4.78 is 15.3. The Morgan fingerprint density at radius 3 is 2.18 bits per heavy atom. The van der Waals surface area contributed by atoms with Gasteiger partial charge in [-0.15, -0.1) is 11.6 Å². The van der Waals surface area contributed by atoms with Crippen LogP contribution in [0, 0.1) is 0 Å². The molecule has 66 valence electrons. The minimum Gasteiger partial charge on any atom is -0.371 e. The van der Waals surface area contributed by atoms with E-state index < -0.39 is 6.48 Å². The lowest BCUT2D eigenvalue weighted by Crippen LogP contribution is -2.23. The maximum absolute atomic E-state index is 5.42. The fourth-order valence-electron chi connectivity index (χ4n) is 0.488. The van der Waals surface area contributed by atoms with Crippen molar-refractivity contribution in [1.82, 2.24) is 0 Å². The second-order valence-electron chi connectivity index (χ2n) is 1.60. The summed E-state index contributed by atoms with van der Waals surface area (Å²) in [5, 5.41) is 0. The third kappa shape index (κ3) is 6.77. The molecular weight excluding hydrogens is 184 g/mol. The lowest BCUT2D eigenvalue weighted by molar-refractivity contribution is -0.243. The summed E-state index contributed by atoms with van der Waals surface area (Å²) in [6.45, 7) is 4.40. The first-order valence-electron chi connectivity index (χ1n) is 3.52. The number of alkyl halides is 1. The van der Waals surface area contributed by atoms with Crippen molar-refractivity contribution in [3.8, 4) is 0 Å². The van der Waals surface area contributed by atoms with E-state index in [2.05, 4.69) is 0 Å². The molecule has 0 amide bonds. The van der Waals surface area contributed by atoms with E-state index in [-0.39, 0.29) is 9.76 Å². The van der Waals surface area contributed by atoms with Crippen molar-refractivity contribution in [2.24, 2.45) is 0 Å². The van der Waals surface area contributed by atoms with Crippen LogP contribution in [0.4, 0.5) is 0 Å². The van der Waals surface area contributed by atoms with Crippen molar-refractivity contribution in [3.05, 3.63) is 0 Å². The lowest BCUT2D eigenvalue weighted by Gasteiger charge is -2.15. The summed E-state index contributed by atoms with van der Waals surface area (Å²) in [7, 11) is 0.230. The summed E-state index contributed by atoms with van der Waals surface area (Å²) in [5.41, 5.74) is 0.483. The highest BCUT2D eigenvalue weighted by atomic mass is 35.5. The second kappa shape index (κ2) is 8.48. The van der Waals surface area contributed by atoms with Crippen LogP contribution in [0.25, 0.3) is 0 Å². The summed E-state index contributed by atoms with van der Waals surface area (Å²) in [6.07, 6.45) is 0. The molecule has 5 heteroatoms. The zero-order valence-electron chi connectivity index (χ0n) is 6.80. The van der Waals surface area contributed by atoms with Gasteiger partial charge in [-0.3, -0.25) is 0 Å². The topological polar surface area (TPSA) is 27.7 Å². The molecule has 0 fully saturated rings. The fraction of sp³-hybridized carbons (Fsp3) is 1.00. The molecule has 11 heavy (non-hydrogen) atoms. The van der Waals surface area contributed by atoms with Crippen molar-refractivity contribution >= 4 is 21.4 Å². The molecule has 0 heterocycles. The standard InChI is InChI=1S/C6H13ClO3Si/c1-3-8-6(9-4-2)10-11-5-7/h6H,3-5H2,1-2H3. The van der Waals surface area contributed by atoms with E-state index in [1.807, 2.05) is 13.8 Å². The van der Waals surface area contributed by atoms with E-state index in [1.165, 1.54) is 0 Å². The normalized spacial score (nSPS) is 10.9. The molecule has 0 N–H and O–H groups in total. The van der Waals surface area contributed by atoms with Crippen LogP contribution in [0.15, 0.2) is 0 Å². The van der Waals surface area contributed by atoms with Gasteiger partial charge in [0.15, 0.2) is 0 Å². The van der Waals surface area contributed by atoms with Gasteiger partial charge in [0.25, 0.3) is 16.2 Å². The van der Waals surface area contributed by atoms with Gasteiger partial charge in [-0.2, -0.15) is 0 Å². The van der Waals surface area contributed by atoms with Crippen LogP contribution in [0.1, 0.15) is 13.8 Å². The van der Waals surface area contributed by atoms with Gasteiger partial charge in [0.1, 0.15) is 0 Å². The number of halogens is 1. The minimum absolute atomic E-state index is 0.230. The third-order valence-corrected chi connectivity index (χ3v) is 1.64. The van der Waals surface area contributed by atoms with Gasteiger partial charge in [-0.25, -0.2) is 0 Å². The van der Waals surface area contributed by atoms with Gasteiger partial charge in [-0.1, -0.05) is 0 Å². The van der Waals surface area contributed by atoms with Crippen LogP contribution >= 0.6 is 11.6 Å². The molecule has 0 spiro atoms. The molecule has 0 saturated heterocycles. The Bertz CT molecular complexity index is 78.2. The molecule has 0 aromatic carbocycles. The molecule has 3 nitrogen and oxygen atoms in total. The quantitative estimate of drug-likeness (QED) is 0.348. The van der Waals surface area contributed by atoms with Gasteiger partial charge in [-0.05, 0) is 13.8 Å². The molecule has 0 aliphatic rings. The Morgan fingerprint density at radius 1 is 1.27 bits per heavy atom. The Morgan fingerprint density at radius 2 is 1.82 bits per heavy atom. The molecule has 0 bridgehead atoms. The molecule has 0 aliphatic heterocycles. The predicted molar refractivity (Wildman–Crippen MR) is 44.6 cm³/mol. The highest BCUT2D eigenvalue weighted by Gasteiger charge is 2.06. The maximum Gasteiger partial charge on any atom is 0.261 e. The number of hydrogen-bond acceptors (Lipinski definition) is 3. The van der Waals surface area contributed by atoms with Crippen LogP contribution in [-0.2, 0) is 13.9 Å². The van der Waals surface area contributed by atoms with Crippen LogP contribution in [0.2, 0.25) is 0 Å². The van der Waals surface area contributed by atoms with E-state index in [1.54, 1.807) is 0 Å². The van der Waals surface area contributed by atoms with E-state index in [4.69, 9.17) is 25.5 Å². The molecule has 2 radical (unpaired) electrons. The summed E-state index contributed by atoms with van der Waals surface area (Å²) in [4.78, 5) is 0. The van der Waals surface area contributed by atoms with E-state index in [0.717, 1.165) is 0 Å². The molecule has 0 atom stereocenters. The van der Waals surface area contributed by atoms with Gasteiger partial charge < -0.3 is 13.9 Å². The Balaban J connectivity index is 3.34. The summed E-state index contributed by atoms with van der Waals surface area (Å²) in [5.74, 6) is 0. The van der Waals surface area contributed by atoms with Crippen LogP contribution in [-0.4, -0.2) is 35.0 Å². The van der Waals surface area contributed by atoms with Crippen molar-refractivity contribution < 1.29 is 13.9 Å². The Labute approximate surface area is 74.9 Å². The maximum atomic E-state index is 5.42. The van der Waals surface area contributed by atoms with Gasteiger partial charge in [0.2, 0.25) is 0 Å². The van der Waals surface area contributed by atoms with Crippen LogP contribution in [0.5, 0.6) is 0 Å². The zero-order chi connectivity index (χ0) is 8.53. The Kier molecular flexibility index (Phi) is 8.78. The molecule has 0 aliphatic carbocycles. The number of rotatable bonds is 7. The summed E-state index contributed by atoms with van der Waals surface area (Å²) in [6, 6.07) is 0. The molecule has 0 aromatic heterocycles. The molecule has 0 saturated carbocycles. The molecule has 0 unspecified atom stereocenters. The van der Waals surface area contributed by atoms with Gasteiger partial charge >= 0.3 is 0 Å².